The normalized spacial score (nSPS) is 17.7. The third kappa shape index (κ3) is 2.53. The van der Waals surface area contributed by atoms with E-state index in [1.807, 2.05) is 12.4 Å². The van der Waals surface area contributed by atoms with Crippen molar-refractivity contribution in [1.29, 1.82) is 0 Å². The molecule has 0 atom stereocenters. The number of hydrogen-bond acceptors (Lipinski definition) is 3. The van der Waals surface area contributed by atoms with Crippen molar-refractivity contribution < 1.29 is 0 Å². The molecule has 1 aromatic heterocycles. The highest BCUT2D eigenvalue weighted by molar-refractivity contribution is 5.17. The molecule has 82 valence electrons. The average molecular weight is 205 g/mol. The van der Waals surface area contributed by atoms with Crippen LogP contribution in [0.2, 0.25) is 0 Å². The Bertz CT molecular complexity index is 314. The van der Waals surface area contributed by atoms with Crippen molar-refractivity contribution >= 4 is 0 Å². The summed E-state index contributed by atoms with van der Waals surface area (Å²) in [6, 6.07) is 0. The number of nitrogens with one attached hydrogen (secondary N) is 1. The highest BCUT2D eigenvalue weighted by atomic mass is 14.9. The van der Waals surface area contributed by atoms with Crippen LogP contribution in [0.4, 0.5) is 0 Å². The highest BCUT2D eigenvalue weighted by Crippen LogP contribution is 2.45. The van der Waals surface area contributed by atoms with Crippen LogP contribution in [-0.4, -0.2) is 16.5 Å². The molecule has 2 rings (SSSR count). The molecule has 1 saturated carbocycles. The van der Waals surface area contributed by atoms with Gasteiger partial charge in [0.1, 0.15) is 5.82 Å². The van der Waals surface area contributed by atoms with Gasteiger partial charge in [0.2, 0.25) is 0 Å². The Morgan fingerprint density at radius 2 is 2.00 bits per heavy atom. The highest BCUT2D eigenvalue weighted by Gasteiger charge is 2.41. The van der Waals surface area contributed by atoms with E-state index in [1.165, 1.54) is 18.4 Å². The van der Waals surface area contributed by atoms with Crippen LogP contribution in [0.15, 0.2) is 12.4 Å². The van der Waals surface area contributed by atoms with Gasteiger partial charge in [-0.15, -0.1) is 0 Å². The van der Waals surface area contributed by atoms with Crippen LogP contribution < -0.4 is 5.32 Å². The van der Waals surface area contributed by atoms with Crippen LogP contribution in [0, 0.1) is 0 Å². The Morgan fingerprint density at radius 1 is 1.33 bits per heavy atom. The van der Waals surface area contributed by atoms with Gasteiger partial charge in [-0.25, -0.2) is 9.97 Å². The maximum absolute atomic E-state index is 4.44. The lowest BCUT2D eigenvalue weighted by molar-refractivity contribution is 0.661. The molecule has 1 aliphatic carbocycles. The Balaban J connectivity index is 1.92. The van der Waals surface area contributed by atoms with Crippen molar-refractivity contribution in [3.05, 3.63) is 23.8 Å². The molecule has 0 saturated heterocycles. The fraction of sp³-hybridized carbons (Fsp3) is 0.667. The molecule has 0 aliphatic heterocycles. The summed E-state index contributed by atoms with van der Waals surface area (Å²) in [6.45, 7) is 6.34. The van der Waals surface area contributed by atoms with Crippen molar-refractivity contribution in [2.75, 3.05) is 6.54 Å². The van der Waals surface area contributed by atoms with E-state index in [1.54, 1.807) is 0 Å². The van der Waals surface area contributed by atoms with Crippen molar-refractivity contribution in [1.82, 2.24) is 15.3 Å². The molecule has 0 aromatic carbocycles. The molecular weight excluding hydrogens is 186 g/mol. The van der Waals surface area contributed by atoms with Gasteiger partial charge >= 0.3 is 0 Å². The molecule has 1 fully saturated rings. The lowest BCUT2D eigenvalue weighted by Crippen LogP contribution is -2.15. The summed E-state index contributed by atoms with van der Waals surface area (Å²) in [6.07, 6.45) is 7.54. The van der Waals surface area contributed by atoms with E-state index in [0.717, 1.165) is 25.3 Å². The van der Waals surface area contributed by atoms with Crippen LogP contribution in [0.25, 0.3) is 0 Å². The zero-order valence-corrected chi connectivity index (χ0v) is 9.58. The number of hydrogen-bond donors (Lipinski definition) is 1. The minimum absolute atomic E-state index is 0.287. The molecule has 3 nitrogen and oxygen atoms in total. The van der Waals surface area contributed by atoms with Crippen LogP contribution in [0.1, 0.15) is 44.5 Å². The Morgan fingerprint density at radius 3 is 2.53 bits per heavy atom. The number of rotatable bonds is 5. The van der Waals surface area contributed by atoms with Crippen molar-refractivity contribution in [3.8, 4) is 0 Å². The fourth-order valence-electron chi connectivity index (χ4n) is 1.58. The van der Waals surface area contributed by atoms with Crippen LogP contribution in [-0.2, 0) is 12.0 Å². The molecule has 0 bridgehead atoms. The van der Waals surface area contributed by atoms with Gasteiger partial charge in [-0.2, -0.15) is 0 Å². The summed E-state index contributed by atoms with van der Waals surface area (Å²) in [5.74, 6) is 1.02. The van der Waals surface area contributed by atoms with Gasteiger partial charge in [0.05, 0.1) is 0 Å². The molecule has 0 unspecified atom stereocenters. The zero-order valence-electron chi connectivity index (χ0n) is 9.58. The molecule has 1 N–H and O–H groups in total. The summed E-state index contributed by atoms with van der Waals surface area (Å²) < 4.78 is 0. The largest absolute Gasteiger partial charge is 0.313 e. The van der Waals surface area contributed by atoms with E-state index in [-0.39, 0.29) is 5.41 Å². The maximum atomic E-state index is 4.44. The Labute approximate surface area is 91.3 Å². The maximum Gasteiger partial charge on any atom is 0.134 e. The topological polar surface area (TPSA) is 37.8 Å². The molecular formula is C12H19N3. The summed E-state index contributed by atoms with van der Waals surface area (Å²) in [5, 5.41) is 3.35. The van der Waals surface area contributed by atoms with E-state index < -0.39 is 0 Å². The molecule has 0 amide bonds. The molecule has 1 aliphatic rings. The van der Waals surface area contributed by atoms with Crippen LogP contribution >= 0.6 is 0 Å². The van der Waals surface area contributed by atoms with Crippen LogP contribution in [0.5, 0.6) is 0 Å². The predicted octanol–water partition coefficient (Wildman–Crippen LogP) is 2.03. The van der Waals surface area contributed by atoms with Gasteiger partial charge in [0.25, 0.3) is 0 Å². The Kier molecular flexibility index (Phi) is 3.00. The molecule has 3 heteroatoms. The summed E-state index contributed by atoms with van der Waals surface area (Å²) in [5.41, 5.74) is 1.46. The fourth-order valence-corrected chi connectivity index (χ4v) is 1.58. The number of nitrogens with zero attached hydrogens (tertiary/aromatic N) is 2. The molecule has 15 heavy (non-hydrogen) atoms. The summed E-state index contributed by atoms with van der Waals surface area (Å²) in [4.78, 5) is 8.88. The first-order valence-electron chi connectivity index (χ1n) is 5.77. The third-order valence-electron chi connectivity index (χ3n) is 3.00. The summed E-state index contributed by atoms with van der Waals surface area (Å²) in [7, 11) is 0. The van der Waals surface area contributed by atoms with E-state index >= 15 is 0 Å². The lowest BCUT2D eigenvalue weighted by Gasteiger charge is -2.07. The van der Waals surface area contributed by atoms with Gasteiger partial charge in [-0.1, -0.05) is 13.8 Å². The number of aromatic nitrogens is 2. The van der Waals surface area contributed by atoms with E-state index in [2.05, 4.69) is 29.1 Å². The van der Waals surface area contributed by atoms with Gasteiger partial charge in [0.15, 0.2) is 0 Å². The van der Waals surface area contributed by atoms with Crippen molar-refractivity contribution in [3.63, 3.8) is 0 Å². The standard InChI is InChI=1S/C12H19N3/c1-3-6-13-7-10-8-14-11(15-9-10)12(2)4-5-12/h8-9,13H,3-7H2,1-2H3. The molecule has 1 heterocycles. The van der Waals surface area contributed by atoms with E-state index in [9.17, 15) is 0 Å². The third-order valence-corrected chi connectivity index (χ3v) is 3.00. The Hall–Kier alpha value is -0.960. The van der Waals surface area contributed by atoms with Crippen molar-refractivity contribution in [2.24, 2.45) is 0 Å². The quantitative estimate of drug-likeness (QED) is 0.747. The first kappa shape index (κ1) is 10.6. The monoisotopic (exact) mass is 205 g/mol. The van der Waals surface area contributed by atoms with Crippen LogP contribution in [0.3, 0.4) is 0 Å². The first-order chi connectivity index (χ1) is 7.24. The molecule has 1 aromatic rings. The average Bonchev–Trinajstić information content (AvgIpc) is 2.99. The minimum Gasteiger partial charge on any atom is -0.313 e. The zero-order chi connectivity index (χ0) is 10.7. The van der Waals surface area contributed by atoms with E-state index in [0.29, 0.717) is 0 Å². The second kappa shape index (κ2) is 4.27. The lowest BCUT2D eigenvalue weighted by atomic mass is 10.1. The van der Waals surface area contributed by atoms with Gasteiger partial charge in [0, 0.05) is 29.9 Å². The molecule has 0 spiro atoms. The minimum atomic E-state index is 0.287. The smallest absolute Gasteiger partial charge is 0.134 e. The van der Waals surface area contributed by atoms with Crippen molar-refractivity contribution in [2.45, 2.75) is 45.1 Å². The summed E-state index contributed by atoms with van der Waals surface area (Å²) >= 11 is 0. The second-order valence-electron chi connectivity index (χ2n) is 4.65. The van der Waals surface area contributed by atoms with Gasteiger partial charge < -0.3 is 5.32 Å². The molecule has 0 radical (unpaired) electrons. The first-order valence-corrected chi connectivity index (χ1v) is 5.77. The predicted molar refractivity (Wildman–Crippen MR) is 60.6 cm³/mol. The SMILES string of the molecule is CCCNCc1cnc(C2(C)CC2)nc1. The van der Waals surface area contributed by atoms with Gasteiger partial charge in [-0.05, 0) is 25.8 Å². The second-order valence-corrected chi connectivity index (χ2v) is 4.65. The van der Waals surface area contributed by atoms with Gasteiger partial charge in [-0.3, -0.25) is 0 Å². The van der Waals surface area contributed by atoms with E-state index in [4.69, 9.17) is 0 Å².